The van der Waals surface area contributed by atoms with Crippen molar-refractivity contribution in [1.29, 1.82) is 0 Å². The fourth-order valence-corrected chi connectivity index (χ4v) is 1.44. The van der Waals surface area contributed by atoms with E-state index in [2.05, 4.69) is 5.10 Å². The van der Waals surface area contributed by atoms with Crippen molar-refractivity contribution in [2.45, 2.75) is 13.3 Å². The molecule has 1 N–H and O–H groups in total. The Hall–Kier alpha value is -1.84. The summed E-state index contributed by atoms with van der Waals surface area (Å²) in [5.41, 5.74) is 2.71. The molecule has 4 heteroatoms. The Labute approximate surface area is 80.8 Å². The van der Waals surface area contributed by atoms with E-state index in [0.717, 1.165) is 16.6 Å². The minimum Gasteiger partial charge on any atom is -0.481 e. The average molecular weight is 190 g/mol. The van der Waals surface area contributed by atoms with Gasteiger partial charge in [0.15, 0.2) is 0 Å². The van der Waals surface area contributed by atoms with Gasteiger partial charge in [-0.1, -0.05) is 6.07 Å². The smallest absolute Gasteiger partial charge is 0.307 e. The van der Waals surface area contributed by atoms with E-state index in [9.17, 15) is 4.79 Å². The topological polar surface area (TPSA) is 54.6 Å². The van der Waals surface area contributed by atoms with Crippen molar-refractivity contribution in [3.8, 4) is 0 Å². The zero-order chi connectivity index (χ0) is 10.1. The van der Waals surface area contributed by atoms with Gasteiger partial charge < -0.3 is 5.11 Å². The summed E-state index contributed by atoms with van der Waals surface area (Å²) in [5, 5.41) is 12.7. The number of hydrogen-bond donors (Lipinski definition) is 1. The molecule has 0 radical (unpaired) electrons. The number of carbonyl (C=O) groups is 1. The average Bonchev–Trinajstić information content (AvgIpc) is 2.47. The van der Waals surface area contributed by atoms with E-state index < -0.39 is 5.97 Å². The second kappa shape index (κ2) is 3.14. The number of nitrogens with zero attached hydrogens (tertiary/aromatic N) is 2. The lowest BCUT2D eigenvalue weighted by molar-refractivity contribution is -0.136. The van der Waals surface area contributed by atoms with Crippen LogP contribution in [0.3, 0.4) is 0 Å². The summed E-state index contributed by atoms with van der Waals surface area (Å²) in [6.07, 6.45) is 3.50. The van der Waals surface area contributed by atoms with Crippen LogP contribution in [0, 0.1) is 6.92 Å². The minimum absolute atomic E-state index is 0.0204. The quantitative estimate of drug-likeness (QED) is 0.775. The number of carboxylic acids is 1. The molecule has 2 aromatic heterocycles. The Morgan fingerprint density at radius 1 is 1.57 bits per heavy atom. The summed E-state index contributed by atoms with van der Waals surface area (Å²) in [6, 6.07) is 3.84. The number of rotatable bonds is 2. The minimum atomic E-state index is -0.833. The maximum atomic E-state index is 10.5. The molecule has 72 valence electrons. The maximum absolute atomic E-state index is 10.5. The first-order valence-corrected chi connectivity index (χ1v) is 4.31. The Kier molecular flexibility index (Phi) is 1.96. The molecule has 2 rings (SSSR count). The van der Waals surface area contributed by atoms with Crippen LogP contribution < -0.4 is 0 Å². The number of pyridine rings is 1. The van der Waals surface area contributed by atoms with Crippen molar-refractivity contribution in [2.75, 3.05) is 0 Å². The van der Waals surface area contributed by atoms with Gasteiger partial charge in [-0.3, -0.25) is 4.79 Å². The zero-order valence-electron chi connectivity index (χ0n) is 7.77. The third-order valence-electron chi connectivity index (χ3n) is 2.09. The van der Waals surface area contributed by atoms with E-state index in [1.165, 1.54) is 0 Å². The van der Waals surface area contributed by atoms with E-state index in [-0.39, 0.29) is 6.42 Å². The number of aromatic nitrogens is 2. The highest BCUT2D eigenvalue weighted by Crippen LogP contribution is 2.12. The maximum Gasteiger partial charge on any atom is 0.307 e. The van der Waals surface area contributed by atoms with Crippen LogP contribution in [0.2, 0.25) is 0 Å². The number of aliphatic carboxylic acids is 1. The largest absolute Gasteiger partial charge is 0.481 e. The molecule has 4 nitrogen and oxygen atoms in total. The van der Waals surface area contributed by atoms with Crippen LogP contribution in [0.5, 0.6) is 0 Å². The summed E-state index contributed by atoms with van der Waals surface area (Å²) < 4.78 is 1.70. The summed E-state index contributed by atoms with van der Waals surface area (Å²) in [6.45, 7) is 1.97. The molecule has 0 saturated carbocycles. The molecule has 14 heavy (non-hydrogen) atoms. The number of aryl methyl sites for hydroxylation is 1. The molecule has 0 amide bonds. The first-order valence-electron chi connectivity index (χ1n) is 4.31. The van der Waals surface area contributed by atoms with E-state index in [1.807, 2.05) is 25.3 Å². The monoisotopic (exact) mass is 190 g/mol. The normalized spacial score (nSPS) is 10.6. The molecule has 0 aromatic carbocycles. The molecule has 0 aliphatic carbocycles. The van der Waals surface area contributed by atoms with Crippen LogP contribution in [0.15, 0.2) is 24.5 Å². The van der Waals surface area contributed by atoms with Gasteiger partial charge in [0.1, 0.15) is 0 Å². The molecule has 2 heterocycles. The highest BCUT2D eigenvalue weighted by Gasteiger charge is 2.07. The van der Waals surface area contributed by atoms with Gasteiger partial charge >= 0.3 is 5.97 Å². The molecule has 0 aliphatic heterocycles. The second-order valence-electron chi connectivity index (χ2n) is 3.28. The third kappa shape index (κ3) is 1.46. The fourth-order valence-electron chi connectivity index (χ4n) is 1.44. The highest BCUT2D eigenvalue weighted by molar-refractivity contribution is 5.74. The van der Waals surface area contributed by atoms with Gasteiger partial charge in [0.05, 0.1) is 18.1 Å². The van der Waals surface area contributed by atoms with Gasteiger partial charge in [-0.25, -0.2) is 4.52 Å². The van der Waals surface area contributed by atoms with Crippen LogP contribution in [0.4, 0.5) is 0 Å². The lowest BCUT2D eigenvalue weighted by Crippen LogP contribution is -1.99. The molecular weight excluding hydrogens is 180 g/mol. The molecule has 0 fully saturated rings. The predicted octanol–water partition coefficient (Wildman–Crippen LogP) is 1.27. The van der Waals surface area contributed by atoms with E-state index >= 15 is 0 Å². The van der Waals surface area contributed by atoms with Crippen LogP contribution in [0.25, 0.3) is 5.52 Å². The number of carboxylic acid groups (broad SMARTS) is 1. The van der Waals surface area contributed by atoms with E-state index in [0.29, 0.717) is 0 Å². The molecule has 0 bridgehead atoms. The molecular formula is C10H10N2O2. The molecule has 0 aliphatic rings. The molecule has 0 unspecified atom stereocenters. The predicted molar refractivity (Wildman–Crippen MR) is 51.3 cm³/mol. The van der Waals surface area contributed by atoms with Gasteiger partial charge in [-0.05, 0) is 18.6 Å². The Bertz CT molecular complexity index is 488. The summed E-state index contributed by atoms with van der Waals surface area (Å²) in [7, 11) is 0. The van der Waals surface area contributed by atoms with Crippen molar-refractivity contribution in [3.63, 3.8) is 0 Å². The first-order chi connectivity index (χ1) is 6.66. The van der Waals surface area contributed by atoms with Crippen molar-refractivity contribution >= 4 is 11.5 Å². The van der Waals surface area contributed by atoms with Crippen molar-refractivity contribution in [1.82, 2.24) is 9.61 Å². The van der Waals surface area contributed by atoms with Crippen molar-refractivity contribution in [2.24, 2.45) is 0 Å². The van der Waals surface area contributed by atoms with Gasteiger partial charge in [0, 0.05) is 11.8 Å². The summed E-state index contributed by atoms with van der Waals surface area (Å²) >= 11 is 0. The van der Waals surface area contributed by atoms with E-state index in [1.54, 1.807) is 10.7 Å². The Morgan fingerprint density at radius 3 is 3.07 bits per heavy atom. The Morgan fingerprint density at radius 2 is 2.36 bits per heavy atom. The van der Waals surface area contributed by atoms with Crippen LogP contribution in [-0.2, 0) is 11.2 Å². The molecule has 0 saturated heterocycles. The summed E-state index contributed by atoms with van der Waals surface area (Å²) in [5.74, 6) is -0.833. The summed E-state index contributed by atoms with van der Waals surface area (Å²) in [4.78, 5) is 10.5. The fraction of sp³-hybridized carbons (Fsp3) is 0.200. The third-order valence-corrected chi connectivity index (χ3v) is 2.09. The second-order valence-corrected chi connectivity index (χ2v) is 3.28. The number of hydrogen-bond acceptors (Lipinski definition) is 2. The van der Waals surface area contributed by atoms with E-state index in [4.69, 9.17) is 5.11 Å². The van der Waals surface area contributed by atoms with Gasteiger partial charge in [-0.15, -0.1) is 0 Å². The van der Waals surface area contributed by atoms with Crippen LogP contribution in [0.1, 0.15) is 11.1 Å². The lowest BCUT2D eigenvalue weighted by atomic mass is 10.2. The first kappa shape index (κ1) is 8.74. The van der Waals surface area contributed by atoms with Gasteiger partial charge in [-0.2, -0.15) is 5.10 Å². The molecule has 0 spiro atoms. The molecule has 2 aromatic rings. The SMILES string of the molecule is Cc1ccc2c(CC(=O)O)cnn2c1. The van der Waals surface area contributed by atoms with Crippen molar-refractivity contribution < 1.29 is 9.90 Å². The molecule has 0 atom stereocenters. The van der Waals surface area contributed by atoms with Gasteiger partial charge in [0.25, 0.3) is 0 Å². The van der Waals surface area contributed by atoms with Crippen LogP contribution >= 0.6 is 0 Å². The highest BCUT2D eigenvalue weighted by atomic mass is 16.4. The van der Waals surface area contributed by atoms with Gasteiger partial charge in [0.2, 0.25) is 0 Å². The van der Waals surface area contributed by atoms with Crippen LogP contribution in [-0.4, -0.2) is 20.7 Å². The Balaban J connectivity index is 2.52. The van der Waals surface area contributed by atoms with Crippen molar-refractivity contribution in [3.05, 3.63) is 35.7 Å². The number of fused-ring (bicyclic) bond motifs is 1. The zero-order valence-corrected chi connectivity index (χ0v) is 7.77. The standard InChI is InChI=1S/C10H10N2O2/c1-7-2-3-9-8(4-10(13)14)5-11-12(9)6-7/h2-3,5-6H,4H2,1H3,(H,13,14). The lowest BCUT2D eigenvalue weighted by Gasteiger charge is -1.96.